The lowest BCUT2D eigenvalue weighted by molar-refractivity contribution is -0.130. The van der Waals surface area contributed by atoms with Gasteiger partial charge in [-0.25, -0.2) is 4.98 Å². The van der Waals surface area contributed by atoms with Crippen LogP contribution in [0.1, 0.15) is 0 Å². The van der Waals surface area contributed by atoms with Gasteiger partial charge in [-0.1, -0.05) is 41.7 Å². The van der Waals surface area contributed by atoms with Crippen molar-refractivity contribution in [2.75, 3.05) is 23.5 Å². The molecule has 0 spiro atoms. The van der Waals surface area contributed by atoms with Gasteiger partial charge in [-0.15, -0.1) is 11.8 Å². The average molecular weight is 343 g/mol. The van der Waals surface area contributed by atoms with Crippen molar-refractivity contribution in [3.63, 3.8) is 0 Å². The maximum absolute atomic E-state index is 12.1. The summed E-state index contributed by atoms with van der Waals surface area (Å²) in [5, 5.41) is 5.58. The molecule has 1 fully saturated rings. The summed E-state index contributed by atoms with van der Waals surface area (Å²) >= 11 is 2.97. The SMILES string of the molecule is O=C(CN1CSCC1=O)Nc1nc2c(ccc3ccccc32)s1. The molecule has 2 heterocycles. The Labute approximate surface area is 140 Å². The monoisotopic (exact) mass is 343 g/mol. The third-order valence-corrected chi connectivity index (χ3v) is 5.57. The minimum Gasteiger partial charge on any atom is -0.323 e. The first-order chi connectivity index (χ1) is 11.2. The van der Waals surface area contributed by atoms with E-state index in [4.69, 9.17) is 0 Å². The van der Waals surface area contributed by atoms with Crippen molar-refractivity contribution < 1.29 is 9.59 Å². The number of nitrogens with one attached hydrogen (secondary N) is 1. The van der Waals surface area contributed by atoms with E-state index in [1.54, 1.807) is 4.90 Å². The Bertz CT molecular complexity index is 922. The molecular weight excluding hydrogens is 330 g/mol. The Morgan fingerprint density at radius 1 is 1.26 bits per heavy atom. The fraction of sp³-hybridized carbons (Fsp3) is 0.188. The second-order valence-corrected chi connectivity index (χ2v) is 7.26. The smallest absolute Gasteiger partial charge is 0.245 e. The third-order valence-electron chi connectivity index (χ3n) is 3.69. The Morgan fingerprint density at radius 3 is 2.96 bits per heavy atom. The Hall–Kier alpha value is -2.12. The molecule has 1 saturated heterocycles. The topological polar surface area (TPSA) is 62.3 Å². The lowest BCUT2D eigenvalue weighted by atomic mass is 10.1. The van der Waals surface area contributed by atoms with Crippen molar-refractivity contribution in [2.45, 2.75) is 0 Å². The fourth-order valence-electron chi connectivity index (χ4n) is 2.59. The molecule has 0 radical (unpaired) electrons. The summed E-state index contributed by atoms with van der Waals surface area (Å²) in [6.45, 7) is 0.0858. The van der Waals surface area contributed by atoms with Crippen LogP contribution in [0.4, 0.5) is 5.13 Å². The highest BCUT2D eigenvalue weighted by molar-refractivity contribution is 8.00. The van der Waals surface area contributed by atoms with Gasteiger partial charge in [-0.2, -0.15) is 0 Å². The highest BCUT2D eigenvalue weighted by Crippen LogP contribution is 2.31. The zero-order valence-corrected chi connectivity index (χ0v) is 13.7. The van der Waals surface area contributed by atoms with Gasteiger partial charge in [0.25, 0.3) is 0 Å². The van der Waals surface area contributed by atoms with Gasteiger partial charge in [0.15, 0.2) is 5.13 Å². The highest BCUT2D eigenvalue weighted by Gasteiger charge is 2.23. The summed E-state index contributed by atoms with van der Waals surface area (Å²) in [7, 11) is 0. The van der Waals surface area contributed by atoms with E-state index in [9.17, 15) is 9.59 Å². The maximum atomic E-state index is 12.1. The molecule has 0 aliphatic carbocycles. The van der Waals surface area contributed by atoms with Crippen LogP contribution in [0.25, 0.3) is 21.0 Å². The number of nitrogens with zero attached hydrogens (tertiary/aromatic N) is 2. The van der Waals surface area contributed by atoms with Crippen molar-refractivity contribution in [3.05, 3.63) is 36.4 Å². The van der Waals surface area contributed by atoms with Crippen molar-refractivity contribution in [3.8, 4) is 0 Å². The van der Waals surface area contributed by atoms with Gasteiger partial charge in [0.1, 0.15) is 6.54 Å². The molecule has 1 aromatic heterocycles. The summed E-state index contributed by atoms with van der Waals surface area (Å²) < 4.78 is 1.03. The minimum absolute atomic E-state index is 0.0143. The first kappa shape index (κ1) is 14.5. The molecule has 116 valence electrons. The summed E-state index contributed by atoms with van der Waals surface area (Å²) in [4.78, 5) is 29.8. The zero-order chi connectivity index (χ0) is 15.8. The predicted molar refractivity (Wildman–Crippen MR) is 94.8 cm³/mol. The number of thioether (sulfide) groups is 1. The number of anilines is 1. The first-order valence-electron chi connectivity index (χ1n) is 7.14. The molecular formula is C16H13N3O2S2. The average Bonchev–Trinajstić information content (AvgIpc) is 3.13. The van der Waals surface area contributed by atoms with Gasteiger partial charge < -0.3 is 10.2 Å². The third kappa shape index (κ3) is 2.77. The first-order valence-corrected chi connectivity index (χ1v) is 9.11. The lowest BCUT2D eigenvalue weighted by Crippen LogP contribution is -2.34. The number of benzene rings is 2. The van der Waals surface area contributed by atoms with Crippen molar-refractivity contribution in [2.24, 2.45) is 0 Å². The summed E-state index contributed by atoms with van der Waals surface area (Å²) in [6.07, 6.45) is 0. The number of carbonyl (C=O) groups excluding carboxylic acids is 2. The number of aromatic nitrogens is 1. The van der Waals surface area contributed by atoms with Crippen LogP contribution in [0.3, 0.4) is 0 Å². The van der Waals surface area contributed by atoms with Crippen molar-refractivity contribution in [1.29, 1.82) is 0 Å². The van der Waals surface area contributed by atoms with Gasteiger partial charge in [0.05, 0.1) is 21.8 Å². The Balaban J connectivity index is 1.58. The number of fused-ring (bicyclic) bond motifs is 3. The number of thiazole rings is 1. The van der Waals surface area contributed by atoms with Crippen molar-refractivity contribution >= 4 is 61.0 Å². The summed E-state index contributed by atoms with van der Waals surface area (Å²) in [5.41, 5.74) is 0.899. The molecule has 0 bridgehead atoms. The van der Waals surface area contributed by atoms with Crippen LogP contribution in [0.5, 0.6) is 0 Å². The molecule has 2 amide bonds. The van der Waals surface area contributed by atoms with Gasteiger partial charge >= 0.3 is 0 Å². The van der Waals surface area contributed by atoms with E-state index in [1.165, 1.54) is 23.1 Å². The molecule has 1 aliphatic rings. The second-order valence-electron chi connectivity index (χ2n) is 5.27. The van der Waals surface area contributed by atoms with Crippen LogP contribution in [0.15, 0.2) is 36.4 Å². The Kier molecular flexibility index (Phi) is 3.66. The maximum Gasteiger partial charge on any atom is 0.245 e. The fourth-order valence-corrected chi connectivity index (χ4v) is 4.39. The normalized spacial score (nSPS) is 14.8. The molecule has 4 rings (SSSR count). The summed E-state index contributed by atoms with van der Waals surface area (Å²) in [6, 6.07) is 12.1. The molecule has 0 atom stereocenters. The van der Waals surface area contributed by atoms with E-state index in [1.807, 2.05) is 30.3 Å². The quantitative estimate of drug-likeness (QED) is 0.794. The molecule has 0 saturated carbocycles. The highest BCUT2D eigenvalue weighted by atomic mass is 32.2. The molecule has 7 heteroatoms. The van der Waals surface area contributed by atoms with E-state index in [0.29, 0.717) is 16.8 Å². The van der Waals surface area contributed by atoms with E-state index in [0.717, 1.165) is 21.0 Å². The van der Waals surface area contributed by atoms with E-state index in [2.05, 4.69) is 16.4 Å². The second kappa shape index (κ2) is 5.82. The van der Waals surface area contributed by atoms with Crippen LogP contribution in [0, 0.1) is 0 Å². The van der Waals surface area contributed by atoms with Crippen LogP contribution >= 0.6 is 23.1 Å². The predicted octanol–water partition coefficient (Wildman–Crippen LogP) is 2.92. The van der Waals surface area contributed by atoms with Gasteiger partial charge in [0, 0.05) is 5.39 Å². The van der Waals surface area contributed by atoms with Crippen LogP contribution < -0.4 is 5.32 Å². The zero-order valence-electron chi connectivity index (χ0n) is 12.1. The molecule has 3 aromatic rings. The molecule has 1 N–H and O–H groups in total. The number of carbonyl (C=O) groups is 2. The molecule has 23 heavy (non-hydrogen) atoms. The van der Waals surface area contributed by atoms with Crippen molar-refractivity contribution in [1.82, 2.24) is 9.88 Å². The Morgan fingerprint density at radius 2 is 2.13 bits per heavy atom. The van der Waals surface area contributed by atoms with Crippen LogP contribution in [-0.4, -0.2) is 39.9 Å². The minimum atomic E-state index is -0.204. The van der Waals surface area contributed by atoms with Crippen LogP contribution in [-0.2, 0) is 9.59 Å². The van der Waals surface area contributed by atoms with Gasteiger partial charge in [-0.05, 0) is 11.5 Å². The van der Waals surface area contributed by atoms with Gasteiger partial charge in [-0.3, -0.25) is 9.59 Å². The molecule has 5 nitrogen and oxygen atoms in total. The number of hydrogen-bond donors (Lipinski definition) is 1. The number of amides is 2. The van der Waals surface area contributed by atoms with Gasteiger partial charge in [0.2, 0.25) is 11.8 Å². The largest absolute Gasteiger partial charge is 0.323 e. The number of rotatable bonds is 3. The summed E-state index contributed by atoms with van der Waals surface area (Å²) in [5.74, 6) is 0.849. The molecule has 2 aromatic carbocycles. The van der Waals surface area contributed by atoms with E-state index in [-0.39, 0.29) is 18.4 Å². The standard InChI is InChI=1S/C16H13N3O2S2/c20-13(7-19-9-22-8-14(19)21)17-16-18-15-11-4-2-1-3-10(11)5-6-12(15)23-16/h1-6H,7-9H2,(H,17,18,20). The lowest BCUT2D eigenvalue weighted by Gasteiger charge is -2.12. The van der Waals surface area contributed by atoms with E-state index < -0.39 is 0 Å². The molecule has 1 aliphatic heterocycles. The molecule has 0 unspecified atom stereocenters. The van der Waals surface area contributed by atoms with Crippen LogP contribution in [0.2, 0.25) is 0 Å². The number of hydrogen-bond acceptors (Lipinski definition) is 5. The van der Waals surface area contributed by atoms with E-state index >= 15 is 0 Å².